The van der Waals surface area contributed by atoms with Crippen molar-refractivity contribution < 1.29 is 9.90 Å². The lowest BCUT2D eigenvalue weighted by atomic mass is 10.1. The van der Waals surface area contributed by atoms with Crippen molar-refractivity contribution in [2.45, 2.75) is 6.92 Å². The zero-order valence-corrected chi connectivity index (χ0v) is 10.1. The van der Waals surface area contributed by atoms with Crippen molar-refractivity contribution in [2.75, 3.05) is 0 Å². The topological polar surface area (TPSA) is 80.9 Å². The van der Waals surface area contributed by atoms with Crippen molar-refractivity contribution in [3.63, 3.8) is 0 Å². The number of nitrogens with zero attached hydrogens (tertiary/aromatic N) is 4. The molecule has 0 saturated carbocycles. The van der Waals surface area contributed by atoms with Crippen molar-refractivity contribution in [3.8, 4) is 5.82 Å². The lowest BCUT2D eigenvalue weighted by Crippen LogP contribution is -2.01. The Hall–Kier alpha value is -2.76. The van der Waals surface area contributed by atoms with Gasteiger partial charge in [-0.25, -0.2) is 19.4 Å². The molecular weight excluding hydrogens is 244 g/mol. The average molecular weight is 254 g/mol. The van der Waals surface area contributed by atoms with Crippen LogP contribution < -0.4 is 0 Å². The van der Waals surface area contributed by atoms with Crippen LogP contribution in [0.5, 0.6) is 0 Å². The summed E-state index contributed by atoms with van der Waals surface area (Å²) in [4.78, 5) is 19.3. The Balaban J connectivity index is 2.24. The predicted octanol–water partition coefficient (Wildman–Crippen LogP) is 1.82. The summed E-state index contributed by atoms with van der Waals surface area (Å²) < 4.78 is 1.65. The molecule has 1 N–H and O–H groups in total. The van der Waals surface area contributed by atoms with Gasteiger partial charge in [0.05, 0.1) is 17.3 Å². The second-order valence-electron chi connectivity index (χ2n) is 4.20. The van der Waals surface area contributed by atoms with Crippen LogP contribution in [-0.2, 0) is 0 Å². The van der Waals surface area contributed by atoms with E-state index in [2.05, 4.69) is 15.1 Å². The lowest BCUT2D eigenvalue weighted by Gasteiger charge is -2.05. The summed E-state index contributed by atoms with van der Waals surface area (Å²) in [6, 6.07) is 4.76. The molecule has 2 aromatic heterocycles. The number of benzene rings is 1. The molecule has 0 spiro atoms. The number of hydrogen-bond donors (Lipinski definition) is 1. The molecule has 19 heavy (non-hydrogen) atoms. The van der Waals surface area contributed by atoms with Crippen LogP contribution in [0.4, 0.5) is 0 Å². The second kappa shape index (κ2) is 4.16. The quantitative estimate of drug-likeness (QED) is 0.754. The van der Waals surface area contributed by atoms with Gasteiger partial charge in [-0.05, 0) is 30.7 Å². The number of aromatic carboxylic acids is 1. The maximum absolute atomic E-state index is 10.9. The van der Waals surface area contributed by atoms with Crippen molar-refractivity contribution in [1.29, 1.82) is 0 Å². The van der Waals surface area contributed by atoms with E-state index in [9.17, 15) is 4.79 Å². The SMILES string of the molecule is Cc1cnn(-c2ncnc3cc(C(=O)O)ccc23)c1. The number of carbonyl (C=O) groups is 1. The van der Waals surface area contributed by atoms with E-state index in [1.807, 2.05) is 13.1 Å². The highest BCUT2D eigenvalue weighted by molar-refractivity contribution is 5.94. The molecule has 94 valence electrons. The zero-order chi connectivity index (χ0) is 13.4. The minimum atomic E-state index is -0.975. The number of aryl methyl sites for hydroxylation is 1. The number of carboxylic acids is 1. The van der Waals surface area contributed by atoms with Crippen LogP contribution in [0.2, 0.25) is 0 Å². The van der Waals surface area contributed by atoms with Gasteiger partial charge in [0, 0.05) is 11.6 Å². The third-order valence-electron chi connectivity index (χ3n) is 2.79. The predicted molar refractivity (Wildman–Crippen MR) is 68.4 cm³/mol. The van der Waals surface area contributed by atoms with Gasteiger partial charge in [-0.3, -0.25) is 0 Å². The van der Waals surface area contributed by atoms with Gasteiger partial charge in [-0.1, -0.05) is 0 Å². The monoisotopic (exact) mass is 254 g/mol. The summed E-state index contributed by atoms with van der Waals surface area (Å²) in [5.41, 5.74) is 1.81. The summed E-state index contributed by atoms with van der Waals surface area (Å²) in [6.45, 7) is 1.94. The molecule has 0 aliphatic heterocycles. The summed E-state index contributed by atoms with van der Waals surface area (Å²) >= 11 is 0. The van der Waals surface area contributed by atoms with Gasteiger partial charge >= 0.3 is 5.97 Å². The first-order chi connectivity index (χ1) is 9.15. The number of fused-ring (bicyclic) bond motifs is 1. The highest BCUT2D eigenvalue weighted by Gasteiger charge is 2.09. The first-order valence-electron chi connectivity index (χ1n) is 5.65. The van der Waals surface area contributed by atoms with Gasteiger partial charge in [0.2, 0.25) is 0 Å². The van der Waals surface area contributed by atoms with Gasteiger partial charge in [0.25, 0.3) is 0 Å². The molecule has 0 atom stereocenters. The number of rotatable bonds is 2. The lowest BCUT2D eigenvalue weighted by molar-refractivity contribution is 0.0697. The molecular formula is C13H10N4O2. The molecule has 6 heteroatoms. The maximum Gasteiger partial charge on any atom is 0.335 e. The molecule has 2 heterocycles. The Bertz CT molecular complexity index is 779. The van der Waals surface area contributed by atoms with Crippen LogP contribution in [0.1, 0.15) is 15.9 Å². The zero-order valence-electron chi connectivity index (χ0n) is 10.1. The van der Waals surface area contributed by atoms with Crippen molar-refractivity contribution >= 4 is 16.9 Å². The van der Waals surface area contributed by atoms with E-state index in [0.29, 0.717) is 11.3 Å². The molecule has 0 saturated heterocycles. The Labute approximate surface area is 108 Å². The molecule has 0 fully saturated rings. The van der Waals surface area contributed by atoms with Crippen molar-refractivity contribution in [2.24, 2.45) is 0 Å². The molecule has 0 radical (unpaired) electrons. The molecule has 0 bridgehead atoms. The third kappa shape index (κ3) is 1.93. The van der Waals surface area contributed by atoms with Gasteiger partial charge in [0.1, 0.15) is 6.33 Å². The van der Waals surface area contributed by atoms with E-state index in [4.69, 9.17) is 5.11 Å². The van der Waals surface area contributed by atoms with Gasteiger partial charge in [-0.2, -0.15) is 5.10 Å². The average Bonchev–Trinajstić information content (AvgIpc) is 2.84. The van der Waals surface area contributed by atoms with Gasteiger partial charge < -0.3 is 5.11 Å². The first kappa shape index (κ1) is 11.3. The number of carboxylic acid groups (broad SMARTS) is 1. The Morgan fingerprint density at radius 1 is 1.32 bits per heavy atom. The first-order valence-corrected chi connectivity index (χ1v) is 5.65. The fourth-order valence-electron chi connectivity index (χ4n) is 1.89. The minimum Gasteiger partial charge on any atom is -0.478 e. The fraction of sp³-hybridized carbons (Fsp3) is 0.0769. The number of hydrogen-bond acceptors (Lipinski definition) is 4. The van der Waals surface area contributed by atoms with E-state index >= 15 is 0 Å². The van der Waals surface area contributed by atoms with Crippen LogP contribution in [0, 0.1) is 6.92 Å². The summed E-state index contributed by atoms with van der Waals surface area (Å²) in [6.07, 6.45) is 4.99. The van der Waals surface area contributed by atoms with E-state index in [1.165, 1.54) is 18.5 Å². The molecule has 3 rings (SSSR count). The summed E-state index contributed by atoms with van der Waals surface area (Å²) in [5.74, 6) is -0.341. The molecule has 0 amide bonds. The highest BCUT2D eigenvalue weighted by atomic mass is 16.4. The smallest absolute Gasteiger partial charge is 0.335 e. The Morgan fingerprint density at radius 2 is 2.16 bits per heavy atom. The molecule has 1 aromatic carbocycles. The van der Waals surface area contributed by atoms with Crippen LogP contribution in [0.15, 0.2) is 36.9 Å². The van der Waals surface area contributed by atoms with E-state index in [0.717, 1.165) is 10.9 Å². The minimum absolute atomic E-state index is 0.203. The summed E-state index contributed by atoms with van der Waals surface area (Å²) in [7, 11) is 0. The van der Waals surface area contributed by atoms with Crippen LogP contribution in [0.25, 0.3) is 16.7 Å². The normalized spacial score (nSPS) is 10.8. The molecule has 0 aliphatic carbocycles. The van der Waals surface area contributed by atoms with Crippen molar-refractivity contribution in [3.05, 3.63) is 48.0 Å². The van der Waals surface area contributed by atoms with E-state index < -0.39 is 5.97 Å². The van der Waals surface area contributed by atoms with Crippen LogP contribution in [-0.4, -0.2) is 30.8 Å². The number of aromatic nitrogens is 4. The van der Waals surface area contributed by atoms with E-state index in [1.54, 1.807) is 16.9 Å². The second-order valence-corrected chi connectivity index (χ2v) is 4.20. The standard InChI is InChI=1S/C13H10N4O2/c1-8-5-16-17(6-8)12-10-3-2-9(13(18)19)4-11(10)14-7-15-12/h2-7H,1H3,(H,18,19). The van der Waals surface area contributed by atoms with Gasteiger partial charge in [-0.15, -0.1) is 0 Å². The van der Waals surface area contributed by atoms with Crippen LogP contribution >= 0.6 is 0 Å². The maximum atomic E-state index is 10.9. The Kier molecular flexibility index (Phi) is 2.49. The van der Waals surface area contributed by atoms with E-state index in [-0.39, 0.29) is 5.56 Å². The molecule has 3 aromatic rings. The highest BCUT2D eigenvalue weighted by Crippen LogP contribution is 2.19. The molecule has 0 aliphatic rings. The molecule has 6 nitrogen and oxygen atoms in total. The molecule has 0 unspecified atom stereocenters. The van der Waals surface area contributed by atoms with Gasteiger partial charge in [0.15, 0.2) is 5.82 Å². The fourth-order valence-corrected chi connectivity index (χ4v) is 1.89. The van der Waals surface area contributed by atoms with Crippen LogP contribution in [0.3, 0.4) is 0 Å². The summed E-state index contributed by atoms with van der Waals surface area (Å²) in [5, 5.41) is 13.9. The largest absolute Gasteiger partial charge is 0.478 e. The Morgan fingerprint density at radius 3 is 2.84 bits per heavy atom. The third-order valence-corrected chi connectivity index (χ3v) is 2.79. The van der Waals surface area contributed by atoms with Crippen molar-refractivity contribution in [1.82, 2.24) is 19.7 Å².